The van der Waals surface area contributed by atoms with Gasteiger partial charge in [0.1, 0.15) is 11.5 Å². The molecule has 1 aromatic heterocycles. The average Bonchev–Trinajstić information content (AvgIpc) is 2.97. The first kappa shape index (κ1) is 16.9. The normalized spacial score (nSPS) is 10.4. The highest BCUT2D eigenvalue weighted by Gasteiger charge is 2.13. The number of methoxy groups -OCH3 is 2. The van der Waals surface area contributed by atoms with Crippen molar-refractivity contribution in [3.05, 3.63) is 42.0 Å². The number of ether oxygens (including phenoxy) is 2. The van der Waals surface area contributed by atoms with E-state index in [9.17, 15) is 4.79 Å². The first-order valence-corrected chi connectivity index (χ1v) is 7.45. The molecule has 6 nitrogen and oxygen atoms in total. The zero-order chi connectivity index (χ0) is 16.8. The molecule has 0 unspecified atom stereocenters. The number of imidazole rings is 1. The molecule has 2 rings (SSSR count). The lowest BCUT2D eigenvalue weighted by Crippen LogP contribution is -2.26. The monoisotopic (exact) mass is 317 g/mol. The summed E-state index contributed by atoms with van der Waals surface area (Å²) in [6.45, 7) is 0.497. The minimum atomic E-state index is 0.0871. The molecule has 6 heteroatoms. The lowest BCUT2D eigenvalue weighted by Gasteiger charge is -2.19. The van der Waals surface area contributed by atoms with Gasteiger partial charge in [0.25, 0.3) is 0 Å². The van der Waals surface area contributed by atoms with E-state index in [0.29, 0.717) is 19.4 Å². The molecule has 2 aromatic rings. The number of benzene rings is 1. The van der Waals surface area contributed by atoms with Crippen LogP contribution in [0.3, 0.4) is 0 Å². The number of hydrogen-bond acceptors (Lipinski definition) is 4. The maximum Gasteiger partial charge on any atom is 0.223 e. The fraction of sp³-hybridized carbons (Fsp3) is 0.412. The van der Waals surface area contributed by atoms with Crippen molar-refractivity contribution in [3.63, 3.8) is 0 Å². The minimum Gasteiger partial charge on any atom is -0.497 e. The van der Waals surface area contributed by atoms with Crippen LogP contribution in [0.1, 0.15) is 17.7 Å². The summed E-state index contributed by atoms with van der Waals surface area (Å²) in [5.74, 6) is 1.54. The zero-order valence-electron chi connectivity index (χ0n) is 14.1. The van der Waals surface area contributed by atoms with E-state index in [-0.39, 0.29) is 5.91 Å². The molecular weight excluding hydrogens is 294 g/mol. The van der Waals surface area contributed by atoms with Gasteiger partial charge in [-0.05, 0) is 18.6 Å². The molecule has 0 radical (unpaired) electrons. The molecule has 1 amide bonds. The van der Waals surface area contributed by atoms with Crippen LogP contribution in [0.4, 0.5) is 0 Å². The Bertz CT molecular complexity index is 667. The number of hydrogen-bond donors (Lipinski definition) is 0. The predicted octanol–water partition coefficient (Wildman–Crippen LogP) is 2.03. The summed E-state index contributed by atoms with van der Waals surface area (Å²) in [6, 6.07) is 5.61. The van der Waals surface area contributed by atoms with Gasteiger partial charge in [-0.1, -0.05) is 0 Å². The summed E-state index contributed by atoms with van der Waals surface area (Å²) in [4.78, 5) is 18.1. The van der Waals surface area contributed by atoms with E-state index in [1.807, 2.05) is 29.8 Å². The lowest BCUT2D eigenvalue weighted by atomic mass is 10.1. The Morgan fingerprint density at radius 2 is 2.09 bits per heavy atom. The smallest absolute Gasteiger partial charge is 0.223 e. The molecule has 0 aliphatic heterocycles. The summed E-state index contributed by atoms with van der Waals surface area (Å²) in [6.07, 6.45) is 4.67. The number of amides is 1. The average molecular weight is 317 g/mol. The van der Waals surface area contributed by atoms with Crippen LogP contribution in [0.5, 0.6) is 11.5 Å². The van der Waals surface area contributed by atoms with Gasteiger partial charge in [0.05, 0.1) is 20.5 Å². The van der Waals surface area contributed by atoms with Crippen molar-refractivity contribution < 1.29 is 14.3 Å². The van der Waals surface area contributed by atoms with Crippen LogP contribution in [-0.2, 0) is 24.8 Å². The molecule has 0 saturated carbocycles. The lowest BCUT2D eigenvalue weighted by molar-refractivity contribution is -0.130. The van der Waals surface area contributed by atoms with Gasteiger partial charge < -0.3 is 18.9 Å². The van der Waals surface area contributed by atoms with E-state index < -0.39 is 0 Å². The molecule has 1 aromatic carbocycles. The topological polar surface area (TPSA) is 56.6 Å². The van der Waals surface area contributed by atoms with E-state index in [0.717, 1.165) is 22.8 Å². The molecular formula is C17H23N3O3. The SMILES string of the molecule is COc1ccc(CN(C)C(=O)CCc2cncn2C)c(OC)c1. The van der Waals surface area contributed by atoms with Crippen LogP contribution < -0.4 is 9.47 Å². The molecule has 0 N–H and O–H groups in total. The van der Waals surface area contributed by atoms with E-state index in [1.165, 1.54) is 0 Å². The second kappa shape index (κ2) is 7.67. The third-order valence-electron chi connectivity index (χ3n) is 3.84. The molecule has 23 heavy (non-hydrogen) atoms. The Kier molecular flexibility index (Phi) is 5.62. The van der Waals surface area contributed by atoms with Crippen LogP contribution in [0.2, 0.25) is 0 Å². The standard InChI is InChI=1S/C17H23N3O3/c1-19(17(21)8-6-14-10-18-12-20(14)2)11-13-5-7-15(22-3)9-16(13)23-4/h5,7,9-10,12H,6,8,11H2,1-4H3. The van der Waals surface area contributed by atoms with Crippen LogP contribution in [0.15, 0.2) is 30.7 Å². The highest BCUT2D eigenvalue weighted by atomic mass is 16.5. The van der Waals surface area contributed by atoms with Crippen LogP contribution >= 0.6 is 0 Å². The molecule has 0 aliphatic rings. The van der Waals surface area contributed by atoms with Crippen molar-refractivity contribution >= 4 is 5.91 Å². The van der Waals surface area contributed by atoms with Crippen LogP contribution in [-0.4, -0.2) is 41.6 Å². The van der Waals surface area contributed by atoms with Crippen molar-refractivity contribution in [2.24, 2.45) is 7.05 Å². The maximum absolute atomic E-state index is 12.3. The molecule has 0 bridgehead atoms. The highest BCUT2D eigenvalue weighted by Crippen LogP contribution is 2.25. The van der Waals surface area contributed by atoms with Crippen molar-refractivity contribution in [1.29, 1.82) is 0 Å². The van der Waals surface area contributed by atoms with Gasteiger partial charge in [0, 0.05) is 50.6 Å². The highest BCUT2D eigenvalue weighted by molar-refractivity contribution is 5.76. The molecule has 0 atom stereocenters. The van der Waals surface area contributed by atoms with E-state index in [2.05, 4.69) is 4.98 Å². The van der Waals surface area contributed by atoms with Crippen molar-refractivity contribution in [2.45, 2.75) is 19.4 Å². The van der Waals surface area contributed by atoms with Crippen molar-refractivity contribution in [3.8, 4) is 11.5 Å². The maximum atomic E-state index is 12.3. The van der Waals surface area contributed by atoms with E-state index >= 15 is 0 Å². The second-order valence-corrected chi connectivity index (χ2v) is 5.42. The van der Waals surface area contributed by atoms with Gasteiger partial charge in [-0.15, -0.1) is 0 Å². The van der Waals surface area contributed by atoms with Gasteiger partial charge in [-0.2, -0.15) is 0 Å². The van der Waals surface area contributed by atoms with Gasteiger partial charge in [-0.3, -0.25) is 4.79 Å². The van der Waals surface area contributed by atoms with Gasteiger partial charge in [-0.25, -0.2) is 4.98 Å². The fourth-order valence-electron chi connectivity index (χ4n) is 2.38. The zero-order valence-corrected chi connectivity index (χ0v) is 14.1. The first-order chi connectivity index (χ1) is 11.0. The first-order valence-electron chi connectivity index (χ1n) is 7.45. The number of carbonyl (C=O) groups is 1. The third-order valence-corrected chi connectivity index (χ3v) is 3.84. The molecule has 0 aliphatic carbocycles. The number of carbonyl (C=O) groups excluding carboxylic acids is 1. The quantitative estimate of drug-likeness (QED) is 0.784. The molecule has 1 heterocycles. The van der Waals surface area contributed by atoms with Gasteiger partial charge in [0.15, 0.2) is 0 Å². The molecule has 124 valence electrons. The predicted molar refractivity (Wildman–Crippen MR) is 87.5 cm³/mol. The summed E-state index contributed by atoms with van der Waals surface area (Å²) in [7, 11) is 6.96. The van der Waals surface area contributed by atoms with Gasteiger partial charge >= 0.3 is 0 Å². The Hall–Kier alpha value is -2.50. The van der Waals surface area contributed by atoms with Crippen molar-refractivity contribution in [1.82, 2.24) is 14.5 Å². The number of nitrogens with zero attached hydrogens (tertiary/aromatic N) is 3. The Morgan fingerprint density at radius 3 is 2.70 bits per heavy atom. The van der Waals surface area contributed by atoms with Gasteiger partial charge in [0.2, 0.25) is 5.91 Å². The number of aromatic nitrogens is 2. The Labute approximate surface area is 136 Å². The summed E-state index contributed by atoms with van der Waals surface area (Å²) in [5, 5.41) is 0. The fourth-order valence-corrected chi connectivity index (χ4v) is 2.38. The molecule has 0 saturated heterocycles. The summed E-state index contributed by atoms with van der Waals surface area (Å²) < 4.78 is 12.5. The Balaban J connectivity index is 1.96. The summed E-state index contributed by atoms with van der Waals surface area (Å²) >= 11 is 0. The van der Waals surface area contributed by atoms with E-state index in [1.54, 1.807) is 38.7 Å². The summed E-state index contributed by atoms with van der Waals surface area (Å²) in [5.41, 5.74) is 2.00. The largest absolute Gasteiger partial charge is 0.497 e. The van der Waals surface area contributed by atoms with Crippen molar-refractivity contribution in [2.75, 3.05) is 21.3 Å². The third kappa shape index (κ3) is 4.25. The van der Waals surface area contributed by atoms with E-state index in [4.69, 9.17) is 9.47 Å². The van der Waals surface area contributed by atoms with Crippen LogP contribution in [0.25, 0.3) is 0 Å². The molecule has 0 spiro atoms. The second-order valence-electron chi connectivity index (χ2n) is 5.42. The Morgan fingerprint density at radius 1 is 1.30 bits per heavy atom. The number of rotatable bonds is 7. The van der Waals surface area contributed by atoms with Crippen LogP contribution in [0, 0.1) is 0 Å². The molecule has 0 fully saturated rings. The number of aryl methyl sites for hydroxylation is 2. The minimum absolute atomic E-state index is 0.0871.